The first-order valence-electron chi connectivity index (χ1n) is 1.12. The van der Waals surface area contributed by atoms with Gasteiger partial charge in [-0.05, 0) is 0 Å². The Labute approximate surface area is 45.7 Å². The molecule has 0 bridgehead atoms. The van der Waals surface area contributed by atoms with Crippen molar-refractivity contribution in [3.63, 3.8) is 0 Å². The van der Waals surface area contributed by atoms with Crippen molar-refractivity contribution in [3.8, 4) is 0 Å². The van der Waals surface area contributed by atoms with E-state index >= 15 is 0 Å². The molecule has 0 saturated heterocycles. The molecule has 0 rings (SSSR count). The van der Waals surface area contributed by atoms with Gasteiger partial charge in [-0.1, -0.05) is 0 Å². The summed E-state index contributed by atoms with van der Waals surface area (Å²) in [6.07, 6.45) is 0. The Morgan fingerprint density at radius 3 is 1.60 bits per heavy atom. The molecule has 0 fully saturated rings. The number of hydrogen-bond acceptors (Lipinski definition) is 2. The molecule has 0 aliphatic carbocycles. The molecule has 4 heteroatoms. The Morgan fingerprint density at radius 2 is 1.60 bits per heavy atom. The first-order valence-corrected chi connectivity index (χ1v) is 5.71. The van der Waals surface area contributed by atoms with Crippen molar-refractivity contribution < 1.29 is 39.9 Å². The van der Waals surface area contributed by atoms with Gasteiger partial charge in [0, 0.05) is 0 Å². The van der Waals surface area contributed by atoms with Crippen LogP contribution >= 0.6 is 0 Å². The molecule has 0 N–H and O–H groups in total. The van der Waals surface area contributed by atoms with Gasteiger partial charge in [-0.3, -0.25) is 0 Å². The van der Waals surface area contributed by atoms with Crippen LogP contribution in [0, 0.1) is 0 Å². The van der Waals surface area contributed by atoms with E-state index in [1.807, 2.05) is 0 Å². The van der Waals surface area contributed by atoms with Crippen LogP contribution in [0.3, 0.4) is 0 Å². The summed E-state index contributed by atoms with van der Waals surface area (Å²) in [7, 11) is 0. The number of hydrogen-bond donors (Lipinski definition) is 0. The first-order chi connectivity index (χ1) is 2.41. The third-order valence-corrected chi connectivity index (χ3v) is 0. The molecule has 0 radical (unpaired) electrons. The van der Waals surface area contributed by atoms with Crippen LogP contribution in [0.2, 0.25) is 5.52 Å². The molecule has 0 aromatic carbocycles. The molecule has 0 aliphatic heterocycles. The Balaban J connectivity index is 0. The Morgan fingerprint density at radius 1 is 1.60 bits per heavy atom. The second-order valence-corrected chi connectivity index (χ2v) is 1.50. The van der Waals surface area contributed by atoms with E-state index in [2.05, 4.69) is 15.4 Å². The SMILES string of the molecule is [CH3][Zn]=[O].[O]=[Ni]. The molecule has 31 valence electrons. The van der Waals surface area contributed by atoms with E-state index in [1.54, 1.807) is 5.52 Å². The summed E-state index contributed by atoms with van der Waals surface area (Å²) < 4.78 is 17.0. The molecule has 0 saturated carbocycles. The maximum atomic E-state index is 9.12. The summed E-state index contributed by atoms with van der Waals surface area (Å²) in [5.41, 5.74) is 1.76. The van der Waals surface area contributed by atoms with Crippen molar-refractivity contribution in [1.29, 1.82) is 0 Å². The zero-order chi connectivity index (χ0) is 4.71. The fourth-order valence-corrected chi connectivity index (χ4v) is 0. The molecular formula is CH3NiO2Zn. The minimum atomic E-state index is -1.12. The van der Waals surface area contributed by atoms with Gasteiger partial charge in [0.25, 0.3) is 0 Å². The van der Waals surface area contributed by atoms with Crippen LogP contribution in [0.15, 0.2) is 0 Å². The summed E-state index contributed by atoms with van der Waals surface area (Å²) >= 11 is 1.50. The molecular weight excluding hydrogens is 168 g/mol. The first kappa shape index (κ1) is 9.21. The molecule has 0 aliphatic rings. The zero-order valence-electron chi connectivity index (χ0n) is 2.84. The third-order valence-electron chi connectivity index (χ3n) is 0. The Kier molecular flexibility index (Phi) is 40.7. The van der Waals surface area contributed by atoms with Crippen molar-refractivity contribution in [2.75, 3.05) is 0 Å². The zero-order valence-corrected chi connectivity index (χ0v) is 6.79. The van der Waals surface area contributed by atoms with Gasteiger partial charge >= 0.3 is 45.5 Å². The third kappa shape index (κ3) is 67.7. The summed E-state index contributed by atoms with van der Waals surface area (Å²) in [6, 6.07) is 0. The molecule has 0 unspecified atom stereocenters. The quantitative estimate of drug-likeness (QED) is 0.492. The van der Waals surface area contributed by atoms with Crippen LogP contribution in [0.5, 0.6) is 0 Å². The van der Waals surface area contributed by atoms with Gasteiger partial charge in [0.15, 0.2) is 0 Å². The normalized spacial score (nSPS) is 3.00. The Bertz CT molecular complexity index is 23.6. The van der Waals surface area contributed by atoms with Crippen LogP contribution < -0.4 is 0 Å². The van der Waals surface area contributed by atoms with Gasteiger partial charge in [0.1, 0.15) is 0 Å². The topological polar surface area (TPSA) is 34.1 Å². The van der Waals surface area contributed by atoms with E-state index in [0.29, 0.717) is 0 Å². The molecule has 0 amide bonds. The molecule has 0 aromatic heterocycles. The van der Waals surface area contributed by atoms with E-state index in [-0.39, 0.29) is 0 Å². The summed E-state index contributed by atoms with van der Waals surface area (Å²) in [5, 5.41) is 0. The molecule has 2 nitrogen and oxygen atoms in total. The van der Waals surface area contributed by atoms with Crippen molar-refractivity contribution in [2.24, 2.45) is 0 Å². The van der Waals surface area contributed by atoms with Gasteiger partial charge in [-0.25, -0.2) is 0 Å². The van der Waals surface area contributed by atoms with Crippen LogP contribution in [0.1, 0.15) is 0 Å². The Hall–Kier alpha value is 0.717. The molecule has 5 heavy (non-hydrogen) atoms. The van der Waals surface area contributed by atoms with E-state index < -0.39 is 17.1 Å². The average Bonchev–Trinajstić information content (AvgIpc) is 1.46. The summed E-state index contributed by atoms with van der Waals surface area (Å²) in [4.78, 5) is 0. The van der Waals surface area contributed by atoms with Crippen molar-refractivity contribution in [2.45, 2.75) is 5.52 Å². The fraction of sp³-hybridized carbons (Fsp3) is 1.00. The second kappa shape index (κ2) is 22.1. The van der Waals surface area contributed by atoms with Gasteiger partial charge in [-0.15, -0.1) is 0 Å². The molecule has 0 spiro atoms. The van der Waals surface area contributed by atoms with Gasteiger partial charge in [0.05, 0.1) is 0 Å². The molecule has 0 aromatic rings. The molecule has 0 atom stereocenters. The standard InChI is InChI=1S/CH3.Ni.2O.Zn/h1H3;;;;. The summed E-state index contributed by atoms with van der Waals surface area (Å²) in [6.45, 7) is 0. The average molecular weight is 171 g/mol. The van der Waals surface area contributed by atoms with Crippen LogP contribution in [0.4, 0.5) is 0 Å². The van der Waals surface area contributed by atoms with Gasteiger partial charge < -0.3 is 0 Å². The van der Waals surface area contributed by atoms with E-state index in [4.69, 9.17) is 7.47 Å². The van der Waals surface area contributed by atoms with Gasteiger partial charge in [0.2, 0.25) is 0 Å². The van der Waals surface area contributed by atoms with Crippen LogP contribution in [0.25, 0.3) is 0 Å². The predicted octanol–water partition coefficient (Wildman–Crippen LogP) is 0.341. The maximum absolute atomic E-state index is 9.12. The van der Waals surface area contributed by atoms with Crippen LogP contribution in [-0.4, -0.2) is 0 Å². The van der Waals surface area contributed by atoms with Crippen LogP contribution in [-0.2, 0) is 39.9 Å². The van der Waals surface area contributed by atoms with E-state index in [9.17, 15) is 0 Å². The monoisotopic (exact) mass is 169 g/mol. The molecule has 0 heterocycles. The van der Waals surface area contributed by atoms with E-state index in [1.165, 1.54) is 0 Å². The fourth-order valence-electron chi connectivity index (χ4n) is 0. The minimum absolute atomic E-state index is 1.12. The predicted molar refractivity (Wildman–Crippen MR) is 7.24 cm³/mol. The van der Waals surface area contributed by atoms with Crippen molar-refractivity contribution >= 4 is 0 Å². The van der Waals surface area contributed by atoms with E-state index in [0.717, 1.165) is 0 Å². The number of rotatable bonds is 0. The van der Waals surface area contributed by atoms with Crippen molar-refractivity contribution in [3.05, 3.63) is 0 Å². The second-order valence-electron chi connectivity index (χ2n) is 0.289. The summed E-state index contributed by atoms with van der Waals surface area (Å²) in [5.74, 6) is 0. The van der Waals surface area contributed by atoms with Crippen molar-refractivity contribution in [1.82, 2.24) is 0 Å². The van der Waals surface area contributed by atoms with Gasteiger partial charge in [-0.2, -0.15) is 0 Å².